The van der Waals surface area contributed by atoms with Gasteiger partial charge in [0.2, 0.25) is 0 Å². The normalized spacial score (nSPS) is 14.0. The molecular weight excluding hydrogens is 430 g/mol. The molecule has 4 aromatic heterocycles. The molecule has 9 heteroatoms. The van der Waals surface area contributed by atoms with E-state index in [9.17, 15) is 0 Å². The molecule has 0 N–H and O–H groups in total. The molecule has 0 bridgehead atoms. The van der Waals surface area contributed by atoms with E-state index in [1.54, 1.807) is 19.5 Å². The Bertz CT molecular complexity index is 1440. The van der Waals surface area contributed by atoms with Crippen LogP contribution in [0.4, 0.5) is 5.82 Å². The summed E-state index contributed by atoms with van der Waals surface area (Å²) in [6, 6.07) is 17.7. The van der Waals surface area contributed by atoms with Gasteiger partial charge in [0.25, 0.3) is 0 Å². The lowest BCUT2D eigenvalue weighted by Gasteiger charge is -2.29. The molecule has 9 nitrogen and oxygen atoms in total. The first-order valence-electron chi connectivity index (χ1n) is 11.1. The van der Waals surface area contributed by atoms with Gasteiger partial charge in [-0.25, -0.2) is 9.67 Å². The first-order valence-corrected chi connectivity index (χ1v) is 11.1. The van der Waals surface area contributed by atoms with Gasteiger partial charge in [-0.3, -0.25) is 4.98 Å². The molecule has 1 aromatic carbocycles. The lowest BCUT2D eigenvalue weighted by Crippen LogP contribution is -2.37. The van der Waals surface area contributed by atoms with Crippen molar-refractivity contribution in [3.8, 4) is 34.1 Å². The van der Waals surface area contributed by atoms with Crippen LogP contribution in [0, 0.1) is 0 Å². The van der Waals surface area contributed by atoms with Gasteiger partial charge >= 0.3 is 0 Å². The van der Waals surface area contributed by atoms with Gasteiger partial charge in [-0.2, -0.15) is 14.7 Å². The van der Waals surface area contributed by atoms with Crippen molar-refractivity contribution in [3.05, 3.63) is 73.2 Å². The van der Waals surface area contributed by atoms with Crippen LogP contribution in [0.5, 0.6) is 5.75 Å². The number of benzene rings is 1. The summed E-state index contributed by atoms with van der Waals surface area (Å²) < 4.78 is 14.7. The molecule has 0 aliphatic carbocycles. The zero-order valence-electron chi connectivity index (χ0n) is 18.7. The lowest BCUT2D eigenvalue weighted by molar-refractivity contribution is 0.122. The monoisotopic (exact) mass is 453 g/mol. The number of morpholine rings is 1. The molecule has 0 saturated carbocycles. The molecule has 0 radical (unpaired) electrons. The molecule has 170 valence electrons. The van der Waals surface area contributed by atoms with E-state index in [-0.39, 0.29) is 0 Å². The van der Waals surface area contributed by atoms with Gasteiger partial charge in [0, 0.05) is 55.4 Å². The van der Waals surface area contributed by atoms with Crippen molar-refractivity contribution in [2.45, 2.75) is 0 Å². The van der Waals surface area contributed by atoms with Crippen molar-refractivity contribution in [2.75, 3.05) is 38.3 Å². The highest BCUT2D eigenvalue weighted by atomic mass is 16.5. The summed E-state index contributed by atoms with van der Waals surface area (Å²) in [6.07, 6.45) is 5.47. The number of aromatic nitrogens is 6. The highest BCUT2D eigenvalue weighted by molar-refractivity contribution is 5.69. The number of ether oxygens (including phenoxy) is 2. The third-order valence-corrected chi connectivity index (χ3v) is 5.89. The van der Waals surface area contributed by atoms with Gasteiger partial charge in [-0.15, -0.1) is 0 Å². The average molecular weight is 454 g/mol. The largest absolute Gasteiger partial charge is 0.497 e. The Balaban J connectivity index is 1.45. The third kappa shape index (κ3) is 3.75. The molecule has 5 aromatic rings. The third-order valence-electron chi connectivity index (χ3n) is 5.89. The van der Waals surface area contributed by atoms with Crippen molar-refractivity contribution in [2.24, 2.45) is 0 Å². The van der Waals surface area contributed by atoms with Crippen molar-refractivity contribution < 1.29 is 9.47 Å². The quantitative estimate of drug-likeness (QED) is 0.403. The molecular formula is C25H23N7O2. The van der Waals surface area contributed by atoms with E-state index >= 15 is 0 Å². The predicted molar refractivity (Wildman–Crippen MR) is 128 cm³/mol. The Kier molecular flexibility index (Phi) is 5.15. The number of hydrogen-bond acceptors (Lipinski definition) is 7. The first kappa shape index (κ1) is 20.4. The SMILES string of the molecule is COc1cccc(-n2ccc(-c3cc(N4CCOCC4)n4nc(-c5ccncc5)cc4n3)n2)c1. The maximum Gasteiger partial charge on any atom is 0.158 e. The van der Waals surface area contributed by atoms with Crippen LogP contribution in [0.1, 0.15) is 0 Å². The summed E-state index contributed by atoms with van der Waals surface area (Å²) in [6.45, 7) is 2.95. The van der Waals surface area contributed by atoms with E-state index in [0.29, 0.717) is 13.2 Å². The fraction of sp³-hybridized carbons (Fsp3) is 0.200. The summed E-state index contributed by atoms with van der Waals surface area (Å²) in [5.41, 5.74) is 5.11. The molecule has 1 aliphatic rings. The lowest BCUT2D eigenvalue weighted by atomic mass is 10.2. The molecule has 1 fully saturated rings. The van der Waals surface area contributed by atoms with Crippen LogP contribution >= 0.6 is 0 Å². The van der Waals surface area contributed by atoms with Crippen LogP contribution in [-0.2, 0) is 4.74 Å². The maximum atomic E-state index is 5.57. The molecule has 0 spiro atoms. The molecule has 6 rings (SSSR count). The minimum Gasteiger partial charge on any atom is -0.497 e. The topological polar surface area (TPSA) is 82.6 Å². The highest BCUT2D eigenvalue weighted by Crippen LogP contribution is 2.28. The standard InChI is InChI=1S/C25H23N7O2/c1-33-20-4-2-3-19(15-20)31-10-7-21(28-31)23-17-25(30-11-13-34-14-12-30)32-24(27-23)16-22(29-32)18-5-8-26-9-6-18/h2-10,15-17H,11-14H2,1H3. The number of hydrogen-bond donors (Lipinski definition) is 0. The van der Waals surface area contributed by atoms with Crippen LogP contribution in [0.15, 0.2) is 73.2 Å². The Morgan fingerprint density at radius 3 is 2.56 bits per heavy atom. The number of methoxy groups -OCH3 is 1. The van der Waals surface area contributed by atoms with Crippen LogP contribution in [0.3, 0.4) is 0 Å². The predicted octanol–water partition coefficient (Wildman–Crippen LogP) is 3.49. The van der Waals surface area contributed by atoms with Gasteiger partial charge in [-0.1, -0.05) is 6.07 Å². The molecule has 0 atom stereocenters. The number of rotatable bonds is 5. The molecule has 5 heterocycles. The molecule has 0 amide bonds. The van der Waals surface area contributed by atoms with Crippen molar-refractivity contribution >= 4 is 11.5 Å². The van der Waals surface area contributed by atoms with Crippen LogP contribution < -0.4 is 9.64 Å². The van der Waals surface area contributed by atoms with Crippen LogP contribution in [0.25, 0.3) is 34.0 Å². The highest BCUT2D eigenvalue weighted by Gasteiger charge is 2.19. The van der Waals surface area contributed by atoms with E-state index < -0.39 is 0 Å². The second-order valence-electron chi connectivity index (χ2n) is 7.98. The number of pyridine rings is 1. The fourth-order valence-corrected chi connectivity index (χ4v) is 4.13. The summed E-state index contributed by atoms with van der Waals surface area (Å²) in [5.74, 6) is 1.76. The molecule has 34 heavy (non-hydrogen) atoms. The summed E-state index contributed by atoms with van der Waals surface area (Å²) in [4.78, 5) is 11.3. The number of nitrogens with zero attached hydrogens (tertiary/aromatic N) is 7. The van der Waals surface area contributed by atoms with Gasteiger partial charge in [0.05, 0.1) is 37.4 Å². The van der Waals surface area contributed by atoms with Gasteiger partial charge in [0.1, 0.15) is 17.3 Å². The number of fused-ring (bicyclic) bond motifs is 1. The first-order chi connectivity index (χ1) is 16.8. The summed E-state index contributed by atoms with van der Waals surface area (Å²) in [7, 11) is 1.66. The Labute approximate surface area is 196 Å². The van der Waals surface area contributed by atoms with E-state index in [1.165, 1.54) is 0 Å². The molecule has 0 unspecified atom stereocenters. The second-order valence-corrected chi connectivity index (χ2v) is 7.98. The van der Waals surface area contributed by atoms with E-state index in [4.69, 9.17) is 24.7 Å². The fourth-order valence-electron chi connectivity index (χ4n) is 4.13. The van der Waals surface area contributed by atoms with Gasteiger partial charge in [-0.05, 0) is 30.3 Å². The average Bonchev–Trinajstić information content (AvgIpc) is 3.57. The second kappa shape index (κ2) is 8.60. The minimum absolute atomic E-state index is 0.683. The van der Waals surface area contributed by atoms with Crippen LogP contribution in [0.2, 0.25) is 0 Å². The smallest absolute Gasteiger partial charge is 0.158 e. The van der Waals surface area contributed by atoms with Crippen molar-refractivity contribution in [1.29, 1.82) is 0 Å². The van der Waals surface area contributed by atoms with E-state index in [0.717, 1.165) is 58.6 Å². The van der Waals surface area contributed by atoms with Crippen LogP contribution in [-0.4, -0.2) is 62.8 Å². The minimum atomic E-state index is 0.683. The van der Waals surface area contributed by atoms with Crippen molar-refractivity contribution in [3.63, 3.8) is 0 Å². The Morgan fingerprint density at radius 1 is 0.882 bits per heavy atom. The summed E-state index contributed by atoms with van der Waals surface area (Å²) in [5, 5.41) is 9.67. The van der Waals surface area contributed by atoms with Gasteiger partial charge < -0.3 is 14.4 Å². The molecule has 1 saturated heterocycles. The van der Waals surface area contributed by atoms with E-state index in [2.05, 4.69) is 16.0 Å². The number of anilines is 1. The zero-order valence-corrected chi connectivity index (χ0v) is 18.7. The molecule has 1 aliphatic heterocycles. The Hall–Kier alpha value is -4.24. The zero-order chi connectivity index (χ0) is 22.9. The van der Waals surface area contributed by atoms with Crippen molar-refractivity contribution in [1.82, 2.24) is 29.4 Å². The van der Waals surface area contributed by atoms with Gasteiger partial charge in [0.15, 0.2) is 5.65 Å². The van der Waals surface area contributed by atoms with E-state index in [1.807, 2.05) is 63.9 Å². The maximum absolute atomic E-state index is 5.57. The summed E-state index contributed by atoms with van der Waals surface area (Å²) >= 11 is 0. The Morgan fingerprint density at radius 2 is 1.74 bits per heavy atom.